The van der Waals surface area contributed by atoms with E-state index >= 15 is 0 Å². The molecule has 0 aliphatic rings. The maximum Gasteiger partial charge on any atom is 0.306 e. The van der Waals surface area contributed by atoms with Gasteiger partial charge in [-0.2, -0.15) is 0 Å². The SMILES string of the molecule is CCCC/C=C\CCCCCCCC(=O)OCC(COC(=O)CCCCCCCCCCCCCCCCCCCCCCCCCCC)OC(=O)CCCCCCC/C=C\CCCCCC. The molecule has 1 atom stereocenters. The second-order valence-electron chi connectivity index (χ2n) is 20.3. The average molecular weight is 944 g/mol. The van der Waals surface area contributed by atoms with Crippen LogP contribution in [0, 0.1) is 0 Å². The zero-order valence-electron chi connectivity index (χ0n) is 45.2. The Bertz CT molecular complexity index is 1080. The van der Waals surface area contributed by atoms with E-state index in [1.165, 1.54) is 218 Å². The zero-order chi connectivity index (χ0) is 48.6. The van der Waals surface area contributed by atoms with E-state index in [1.807, 2.05) is 0 Å². The summed E-state index contributed by atoms with van der Waals surface area (Å²) >= 11 is 0. The predicted octanol–water partition coefficient (Wildman–Crippen LogP) is 19.9. The molecular formula is C61H114O6. The summed E-state index contributed by atoms with van der Waals surface area (Å²) in [7, 11) is 0. The van der Waals surface area contributed by atoms with Gasteiger partial charge in [-0.05, 0) is 64.2 Å². The van der Waals surface area contributed by atoms with Crippen molar-refractivity contribution >= 4 is 17.9 Å². The molecule has 0 spiro atoms. The van der Waals surface area contributed by atoms with Gasteiger partial charge in [0.1, 0.15) is 13.2 Å². The van der Waals surface area contributed by atoms with Crippen molar-refractivity contribution in [3.63, 3.8) is 0 Å². The number of ether oxygens (including phenoxy) is 3. The van der Waals surface area contributed by atoms with Gasteiger partial charge in [0.15, 0.2) is 6.10 Å². The Labute approximate surface area is 417 Å². The summed E-state index contributed by atoms with van der Waals surface area (Å²) in [6.07, 6.45) is 66.2. The van der Waals surface area contributed by atoms with Crippen molar-refractivity contribution < 1.29 is 28.6 Å². The molecule has 0 aromatic heterocycles. The molecule has 0 fully saturated rings. The number of hydrogen-bond acceptors (Lipinski definition) is 6. The predicted molar refractivity (Wildman–Crippen MR) is 289 cm³/mol. The molecule has 0 rings (SSSR count). The van der Waals surface area contributed by atoms with Crippen LogP contribution in [-0.2, 0) is 28.6 Å². The molecular weight excluding hydrogens is 829 g/mol. The largest absolute Gasteiger partial charge is 0.462 e. The van der Waals surface area contributed by atoms with Crippen molar-refractivity contribution in [2.45, 2.75) is 335 Å². The van der Waals surface area contributed by atoms with Gasteiger partial charge in [-0.3, -0.25) is 14.4 Å². The minimum atomic E-state index is -0.774. The summed E-state index contributed by atoms with van der Waals surface area (Å²) in [5, 5.41) is 0. The van der Waals surface area contributed by atoms with E-state index in [1.54, 1.807) is 0 Å². The fourth-order valence-electron chi connectivity index (χ4n) is 8.89. The highest BCUT2D eigenvalue weighted by Gasteiger charge is 2.19. The third kappa shape index (κ3) is 54.7. The van der Waals surface area contributed by atoms with Crippen LogP contribution in [0.15, 0.2) is 24.3 Å². The Morgan fingerprint density at radius 2 is 0.507 bits per heavy atom. The van der Waals surface area contributed by atoms with Gasteiger partial charge >= 0.3 is 17.9 Å². The van der Waals surface area contributed by atoms with Crippen molar-refractivity contribution in [1.82, 2.24) is 0 Å². The summed E-state index contributed by atoms with van der Waals surface area (Å²) in [6.45, 7) is 6.62. The Hall–Kier alpha value is -2.11. The first-order chi connectivity index (χ1) is 33.0. The summed E-state index contributed by atoms with van der Waals surface area (Å²) in [4.78, 5) is 38.1. The highest BCUT2D eigenvalue weighted by Crippen LogP contribution is 2.17. The van der Waals surface area contributed by atoms with Crippen molar-refractivity contribution in [2.24, 2.45) is 0 Å². The molecule has 0 aromatic carbocycles. The number of allylic oxidation sites excluding steroid dienone is 4. The molecule has 6 heteroatoms. The van der Waals surface area contributed by atoms with Crippen molar-refractivity contribution in [2.75, 3.05) is 13.2 Å². The maximum absolute atomic E-state index is 12.8. The smallest absolute Gasteiger partial charge is 0.306 e. The Morgan fingerprint density at radius 1 is 0.284 bits per heavy atom. The molecule has 6 nitrogen and oxygen atoms in total. The van der Waals surface area contributed by atoms with Crippen molar-refractivity contribution in [1.29, 1.82) is 0 Å². The number of carbonyl (C=O) groups excluding carboxylic acids is 3. The summed E-state index contributed by atoms with van der Waals surface area (Å²) in [5.41, 5.74) is 0. The molecule has 0 aromatic rings. The third-order valence-corrected chi connectivity index (χ3v) is 13.4. The lowest BCUT2D eigenvalue weighted by Crippen LogP contribution is -2.30. The lowest BCUT2D eigenvalue weighted by molar-refractivity contribution is -0.167. The Balaban J connectivity index is 4.16. The van der Waals surface area contributed by atoms with E-state index < -0.39 is 6.10 Å². The van der Waals surface area contributed by atoms with Crippen LogP contribution in [-0.4, -0.2) is 37.2 Å². The minimum Gasteiger partial charge on any atom is -0.462 e. The van der Waals surface area contributed by atoms with Gasteiger partial charge in [-0.15, -0.1) is 0 Å². The van der Waals surface area contributed by atoms with Crippen LogP contribution in [0.1, 0.15) is 329 Å². The molecule has 0 aliphatic heterocycles. The van der Waals surface area contributed by atoms with Crippen LogP contribution in [0.3, 0.4) is 0 Å². The van der Waals surface area contributed by atoms with Gasteiger partial charge in [0, 0.05) is 19.3 Å². The highest BCUT2D eigenvalue weighted by molar-refractivity contribution is 5.71. The molecule has 0 bridgehead atoms. The molecule has 1 unspecified atom stereocenters. The second-order valence-corrected chi connectivity index (χ2v) is 20.3. The molecule has 0 heterocycles. The normalized spacial score (nSPS) is 12.1. The Kier molecular flexibility index (Phi) is 54.7. The molecule has 394 valence electrons. The maximum atomic E-state index is 12.8. The lowest BCUT2D eigenvalue weighted by Gasteiger charge is -2.18. The first-order valence-electron chi connectivity index (χ1n) is 29.8. The monoisotopic (exact) mass is 943 g/mol. The molecule has 0 saturated carbocycles. The second kappa shape index (κ2) is 56.5. The molecule has 0 N–H and O–H groups in total. The van der Waals surface area contributed by atoms with Crippen LogP contribution in [0.5, 0.6) is 0 Å². The number of hydrogen-bond donors (Lipinski definition) is 0. The van der Waals surface area contributed by atoms with E-state index in [9.17, 15) is 14.4 Å². The zero-order valence-corrected chi connectivity index (χ0v) is 45.2. The van der Waals surface area contributed by atoms with E-state index in [-0.39, 0.29) is 31.1 Å². The van der Waals surface area contributed by atoms with Crippen molar-refractivity contribution in [3.05, 3.63) is 24.3 Å². The first kappa shape index (κ1) is 64.9. The summed E-state index contributed by atoms with van der Waals surface area (Å²) < 4.78 is 16.8. The van der Waals surface area contributed by atoms with Crippen molar-refractivity contribution in [3.8, 4) is 0 Å². The fraction of sp³-hybridized carbons (Fsp3) is 0.885. The first-order valence-corrected chi connectivity index (χ1v) is 29.8. The molecule has 0 amide bonds. The van der Waals surface area contributed by atoms with Crippen LogP contribution < -0.4 is 0 Å². The lowest BCUT2D eigenvalue weighted by atomic mass is 10.0. The van der Waals surface area contributed by atoms with E-state index in [2.05, 4.69) is 45.1 Å². The standard InChI is InChI=1S/C61H114O6/c1-4-7-10-13-16-19-22-24-25-26-27-28-29-30-31-32-33-34-35-37-39-42-45-48-51-54-60(63)66-57-58(56-65-59(62)53-50-47-44-41-38-21-18-15-12-9-6-3)67-61(64)55-52-49-46-43-40-36-23-20-17-14-11-8-5-2/h15,18,20,23,58H,4-14,16-17,19,21-22,24-57H2,1-3H3/b18-15-,23-20-. The minimum absolute atomic E-state index is 0.0731. The summed E-state index contributed by atoms with van der Waals surface area (Å²) in [6, 6.07) is 0. The Morgan fingerprint density at radius 3 is 0.806 bits per heavy atom. The quantitative estimate of drug-likeness (QED) is 0.0262. The third-order valence-electron chi connectivity index (χ3n) is 13.4. The number of unbranched alkanes of at least 4 members (excludes halogenated alkanes) is 40. The number of carbonyl (C=O) groups is 3. The van der Waals surface area contributed by atoms with Crippen LogP contribution in [0.2, 0.25) is 0 Å². The van der Waals surface area contributed by atoms with Gasteiger partial charge in [0.25, 0.3) is 0 Å². The van der Waals surface area contributed by atoms with Gasteiger partial charge < -0.3 is 14.2 Å². The number of esters is 3. The molecule has 67 heavy (non-hydrogen) atoms. The van der Waals surface area contributed by atoms with E-state index in [0.717, 1.165) is 70.6 Å². The topological polar surface area (TPSA) is 78.9 Å². The average Bonchev–Trinajstić information content (AvgIpc) is 3.33. The molecule has 0 radical (unpaired) electrons. The van der Waals surface area contributed by atoms with Gasteiger partial charge in [-0.1, -0.05) is 270 Å². The van der Waals surface area contributed by atoms with Crippen LogP contribution >= 0.6 is 0 Å². The van der Waals surface area contributed by atoms with E-state index in [0.29, 0.717) is 19.3 Å². The van der Waals surface area contributed by atoms with Crippen LogP contribution in [0.25, 0.3) is 0 Å². The van der Waals surface area contributed by atoms with Gasteiger partial charge in [-0.25, -0.2) is 0 Å². The fourth-order valence-corrected chi connectivity index (χ4v) is 8.89. The molecule has 0 saturated heterocycles. The number of rotatable bonds is 55. The van der Waals surface area contributed by atoms with E-state index in [4.69, 9.17) is 14.2 Å². The summed E-state index contributed by atoms with van der Waals surface area (Å²) in [5.74, 6) is -0.874. The molecule has 0 aliphatic carbocycles. The highest BCUT2D eigenvalue weighted by atomic mass is 16.6. The van der Waals surface area contributed by atoms with Crippen LogP contribution in [0.4, 0.5) is 0 Å². The van der Waals surface area contributed by atoms with Gasteiger partial charge in [0.2, 0.25) is 0 Å². The van der Waals surface area contributed by atoms with Gasteiger partial charge in [0.05, 0.1) is 0 Å².